The van der Waals surface area contributed by atoms with E-state index in [4.69, 9.17) is 9.84 Å². The van der Waals surface area contributed by atoms with Gasteiger partial charge in [-0.05, 0) is 12.1 Å². The van der Waals surface area contributed by atoms with Crippen LogP contribution in [0, 0.1) is 0 Å². The van der Waals surface area contributed by atoms with Crippen LogP contribution in [0.1, 0.15) is 14.5 Å². The van der Waals surface area contributed by atoms with Crippen LogP contribution in [0.15, 0.2) is 30.5 Å². The van der Waals surface area contributed by atoms with Gasteiger partial charge in [0.25, 0.3) is 0 Å². The molecule has 1 saturated heterocycles. The summed E-state index contributed by atoms with van der Waals surface area (Å²) < 4.78 is 5.31. The summed E-state index contributed by atoms with van der Waals surface area (Å²) >= 11 is 1.29. The van der Waals surface area contributed by atoms with Crippen molar-refractivity contribution in [3.8, 4) is 5.75 Å². The van der Waals surface area contributed by atoms with Gasteiger partial charge in [-0.1, -0.05) is 6.07 Å². The molecule has 0 saturated carbocycles. The number of hydrogen-bond acceptors (Lipinski definition) is 6. The van der Waals surface area contributed by atoms with E-state index in [1.54, 1.807) is 13.2 Å². The zero-order chi connectivity index (χ0) is 16.2. The van der Waals surface area contributed by atoms with Gasteiger partial charge in [0.2, 0.25) is 0 Å². The lowest BCUT2D eigenvalue weighted by Crippen LogP contribution is -2.46. The molecule has 2 aromatic rings. The van der Waals surface area contributed by atoms with Crippen molar-refractivity contribution in [2.45, 2.75) is 6.54 Å². The number of aromatic nitrogens is 1. The number of thiophene rings is 1. The van der Waals surface area contributed by atoms with E-state index < -0.39 is 5.97 Å². The fourth-order valence-corrected chi connectivity index (χ4v) is 3.69. The summed E-state index contributed by atoms with van der Waals surface area (Å²) in [5.74, 6) is 0.771. The summed E-state index contributed by atoms with van der Waals surface area (Å²) in [6.45, 7) is 4.38. The molecule has 0 spiro atoms. The molecule has 1 aliphatic rings. The summed E-state index contributed by atoms with van der Waals surface area (Å²) in [5.41, 5.74) is 0. The van der Waals surface area contributed by atoms with Gasteiger partial charge >= 0.3 is 5.97 Å². The Balaban J connectivity index is 1.62. The number of rotatable bonds is 5. The molecule has 0 atom stereocenters. The van der Waals surface area contributed by atoms with Crippen LogP contribution in [-0.4, -0.2) is 54.2 Å². The Kier molecular flexibility index (Phi) is 4.78. The van der Waals surface area contributed by atoms with Crippen molar-refractivity contribution < 1.29 is 14.6 Å². The molecule has 23 heavy (non-hydrogen) atoms. The third-order valence-electron chi connectivity index (χ3n) is 3.91. The second-order valence-corrected chi connectivity index (χ2v) is 6.50. The van der Waals surface area contributed by atoms with E-state index in [0.717, 1.165) is 43.4 Å². The van der Waals surface area contributed by atoms with Crippen LogP contribution in [0.3, 0.4) is 0 Å². The van der Waals surface area contributed by atoms with E-state index in [-0.39, 0.29) is 0 Å². The molecule has 0 radical (unpaired) electrons. The Hall–Kier alpha value is -2.12. The van der Waals surface area contributed by atoms with Crippen LogP contribution in [0.5, 0.6) is 5.75 Å². The normalized spacial score (nSPS) is 15.6. The summed E-state index contributed by atoms with van der Waals surface area (Å²) in [5, 5.41) is 9.11. The lowest BCUT2D eigenvalue weighted by atomic mass is 10.3. The second kappa shape index (κ2) is 6.97. The van der Waals surface area contributed by atoms with E-state index >= 15 is 0 Å². The summed E-state index contributed by atoms with van der Waals surface area (Å²) in [6, 6.07) is 7.55. The predicted octanol–water partition coefficient (Wildman–Crippen LogP) is 2.17. The number of methoxy groups -OCH3 is 1. The van der Waals surface area contributed by atoms with Crippen molar-refractivity contribution in [2.75, 3.05) is 38.2 Å². The first-order valence-corrected chi connectivity index (χ1v) is 8.27. The van der Waals surface area contributed by atoms with Crippen LogP contribution in [-0.2, 0) is 6.54 Å². The highest BCUT2D eigenvalue weighted by Crippen LogP contribution is 2.31. The fourth-order valence-electron chi connectivity index (χ4n) is 2.68. The number of piperazine rings is 1. The number of carbonyl (C=O) groups is 1. The molecule has 0 amide bonds. The van der Waals surface area contributed by atoms with E-state index in [1.807, 2.05) is 24.4 Å². The Bertz CT molecular complexity index is 666. The van der Waals surface area contributed by atoms with Crippen molar-refractivity contribution in [1.29, 1.82) is 0 Å². The number of anilines is 1. The molecule has 0 aromatic carbocycles. The van der Waals surface area contributed by atoms with Crippen LogP contribution in [0.2, 0.25) is 0 Å². The Morgan fingerprint density at radius 1 is 1.35 bits per heavy atom. The summed E-state index contributed by atoms with van der Waals surface area (Å²) in [7, 11) is 1.58. The van der Waals surface area contributed by atoms with Crippen molar-refractivity contribution in [3.63, 3.8) is 0 Å². The molecule has 1 aliphatic heterocycles. The topological polar surface area (TPSA) is 65.9 Å². The van der Waals surface area contributed by atoms with Crippen molar-refractivity contribution in [1.82, 2.24) is 9.88 Å². The highest BCUT2D eigenvalue weighted by atomic mass is 32.1. The quantitative estimate of drug-likeness (QED) is 0.905. The third-order valence-corrected chi connectivity index (χ3v) is 5.00. The number of carboxylic acids is 1. The molecule has 0 bridgehead atoms. The van der Waals surface area contributed by atoms with E-state index in [2.05, 4.69) is 14.8 Å². The molecule has 1 fully saturated rings. The van der Waals surface area contributed by atoms with E-state index in [1.165, 1.54) is 11.3 Å². The average Bonchev–Trinajstić information content (AvgIpc) is 2.99. The van der Waals surface area contributed by atoms with Gasteiger partial charge < -0.3 is 14.7 Å². The number of carboxylic acid groups (broad SMARTS) is 1. The molecule has 6 nitrogen and oxygen atoms in total. The van der Waals surface area contributed by atoms with Crippen molar-refractivity contribution in [2.24, 2.45) is 0 Å². The standard InChI is InChI=1S/C16H19N3O3S/c1-22-12-10-13(16(20)21)23-14(12)11-18-6-8-19(9-7-18)15-4-2-3-5-17-15/h2-5,10H,6-9,11H2,1H3,(H,20,21). The Labute approximate surface area is 138 Å². The Morgan fingerprint density at radius 3 is 2.74 bits per heavy atom. The molecule has 0 unspecified atom stereocenters. The first-order chi connectivity index (χ1) is 11.2. The van der Waals surface area contributed by atoms with Crippen LogP contribution in [0.25, 0.3) is 0 Å². The van der Waals surface area contributed by atoms with Gasteiger partial charge in [0.05, 0.1) is 12.0 Å². The van der Waals surface area contributed by atoms with Gasteiger partial charge in [-0.15, -0.1) is 11.3 Å². The zero-order valence-corrected chi connectivity index (χ0v) is 13.8. The predicted molar refractivity (Wildman–Crippen MR) is 89.6 cm³/mol. The SMILES string of the molecule is COc1cc(C(=O)O)sc1CN1CCN(c2ccccn2)CC1. The molecule has 0 aliphatic carbocycles. The maximum Gasteiger partial charge on any atom is 0.346 e. The number of pyridine rings is 1. The van der Waals surface area contributed by atoms with Gasteiger partial charge in [0.15, 0.2) is 0 Å². The largest absolute Gasteiger partial charge is 0.496 e. The molecule has 122 valence electrons. The minimum Gasteiger partial charge on any atom is -0.496 e. The van der Waals surface area contributed by atoms with Crippen molar-refractivity contribution in [3.05, 3.63) is 40.2 Å². The van der Waals surface area contributed by atoms with Crippen molar-refractivity contribution >= 4 is 23.1 Å². The Morgan fingerprint density at radius 2 is 2.13 bits per heavy atom. The van der Waals surface area contributed by atoms with Crippen LogP contribution in [0.4, 0.5) is 5.82 Å². The monoisotopic (exact) mass is 333 g/mol. The molecule has 7 heteroatoms. The highest BCUT2D eigenvalue weighted by molar-refractivity contribution is 7.14. The first-order valence-electron chi connectivity index (χ1n) is 7.45. The minimum atomic E-state index is -0.903. The van der Waals surface area contributed by atoms with E-state index in [0.29, 0.717) is 10.6 Å². The second-order valence-electron chi connectivity index (χ2n) is 5.36. The fraction of sp³-hybridized carbons (Fsp3) is 0.375. The summed E-state index contributed by atoms with van der Waals surface area (Å²) in [4.78, 5) is 21.4. The highest BCUT2D eigenvalue weighted by Gasteiger charge is 2.21. The van der Waals surface area contributed by atoms with E-state index in [9.17, 15) is 4.79 Å². The lowest BCUT2D eigenvalue weighted by molar-refractivity contribution is 0.0702. The molecular formula is C16H19N3O3S. The van der Waals surface area contributed by atoms with Gasteiger partial charge in [-0.3, -0.25) is 4.90 Å². The maximum absolute atomic E-state index is 11.1. The van der Waals surface area contributed by atoms with Gasteiger partial charge in [-0.25, -0.2) is 9.78 Å². The third kappa shape index (κ3) is 3.62. The van der Waals surface area contributed by atoms with Crippen LogP contribution < -0.4 is 9.64 Å². The summed E-state index contributed by atoms with van der Waals surface area (Å²) in [6.07, 6.45) is 1.81. The zero-order valence-electron chi connectivity index (χ0n) is 12.9. The van der Waals surface area contributed by atoms with Gasteiger partial charge in [0, 0.05) is 45.0 Å². The molecular weight excluding hydrogens is 314 g/mol. The average molecular weight is 333 g/mol. The lowest BCUT2D eigenvalue weighted by Gasteiger charge is -2.35. The smallest absolute Gasteiger partial charge is 0.346 e. The minimum absolute atomic E-state index is 0.323. The molecule has 3 rings (SSSR count). The van der Waals surface area contributed by atoms with Gasteiger partial charge in [0.1, 0.15) is 16.4 Å². The van der Waals surface area contributed by atoms with Gasteiger partial charge in [-0.2, -0.15) is 0 Å². The molecule has 2 aromatic heterocycles. The molecule has 1 N–H and O–H groups in total. The number of aromatic carboxylic acids is 1. The first kappa shape index (κ1) is 15.8. The van der Waals surface area contributed by atoms with Crippen LogP contribution >= 0.6 is 11.3 Å². The maximum atomic E-state index is 11.1. The number of nitrogens with zero attached hydrogens (tertiary/aromatic N) is 3. The number of hydrogen-bond donors (Lipinski definition) is 1. The molecule has 3 heterocycles. The number of ether oxygens (including phenoxy) is 1.